The van der Waals surface area contributed by atoms with Crippen LogP contribution in [0.25, 0.3) is 21.5 Å². The summed E-state index contributed by atoms with van der Waals surface area (Å²) >= 11 is 13.3. The number of benzene rings is 7. The van der Waals surface area contributed by atoms with Crippen molar-refractivity contribution < 1.29 is 24.0 Å². The van der Waals surface area contributed by atoms with Crippen molar-refractivity contribution in [1.82, 2.24) is 0 Å². The van der Waals surface area contributed by atoms with Gasteiger partial charge in [0.15, 0.2) is 0 Å². The number of rotatable bonds is 14. The van der Waals surface area contributed by atoms with Gasteiger partial charge in [0.25, 0.3) is 5.69 Å². The second-order valence-corrected chi connectivity index (χ2v) is 16.5. The molecule has 0 saturated heterocycles. The molecule has 9 nitrogen and oxygen atoms in total. The van der Waals surface area contributed by atoms with Crippen molar-refractivity contribution in [2.24, 2.45) is 0 Å². The van der Waals surface area contributed by atoms with Crippen LogP contribution in [-0.4, -0.2) is 41.6 Å². The molecule has 0 unspecified atom stereocenters. The van der Waals surface area contributed by atoms with Crippen molar-refractivity contribution in [2.75, 3.05) is 34.6 Å². The quantitative estimate of drug-likeness (QED) is 0.0613. The van der Waals surface area contributed by atoms with Gasteiger partial charge < -0.3 is 19.3 Å². The van der Waals surface area contributed by atoms with Gasteiger partial charge in [0.1, 0.15) is 24.7 Å². The first-order chi connectivity index (χ1) is 30.3. The van der Waals surface area contributed by atoms with Crippen LogP contribution in [0.1, 0.15) is 58.4 Å². The average Bonchev–Trinajstić information content (AvgIpc) is 3.89. The average molecular weight is 865 g/mol. The van der Waals surface area contributed by atoms with Gasteiger partial charge in [-0.3, -0.25) is 19.7 Å². The summed E-state index contributed by atoms with van der Waals surface area (Å²) < 4.78 is 12.9. The topological polar surface area (TPSA) is 102 Å². The van der Waals surface area contributed by atoms with E-state index in [0.717, 1.165) is 43.8 Å². The van der Waals surface area contributed by atoms with E-state index in [0.29, 0.717) is 66.5 Å². The molecule has 2 heterocycles. The number of ether oxygens (including phenoxy) is 2. The van der Waals surface area contributed by atoms with Gasteiger partial charge in [-0.15, -0.1) is 23.2 Å². The van der Waals surface area contributed by atoms with E-state index in [4.69, 9.17) is 32.7 Å². The first-order valence-electron chi connectivity index (χ1n) is 20.7. The Bertz CT molecular complexity index is 2640. The van der Waals surface area contributed by atoms with Gasteiger partial charge in [0, 0.05) is 90.5 Å². The molecule has 2 amide bonds. The highest BCUT2D eigenvalue weighted by Crippen LogP contribution is 2.48. The Kier molecular flexibility index (Phi) is 11.8. The lowest BCUT2D eigenvalue weighted by atomic mass is 9.90. The Hall–Kier alpha value is -6.42. The summed E-state index contributed by atoms with van der Waals surface area (Å²) in [4.78, 5) is 44.7. The van der Waals surface area contributed by atoms with Crippen molar-refractivity contribution in [2.45, 2.75) is 43.8 Å². The van der Waals surface area contributed by atoms with Crippen LogP contribution < -0.4 is 19.3 Å². The number of non-ortho nitro benzene ring substituents is 1. The lowest BCUT2D eigenvalue weighted by Crippen LogP contribution is -2.34. The van der Waals surface area contributed by atoms with E-state index in [-0.39, 0.29) is 42.2 Å². The zero-order chi connectivity index (χ0) is 42.7. The fourth-order valence-electron chi connectivity index (χ4n) is 9.10. The molecule has 0 spiro atoms. The van der Waals surface area contributed by atoms with Crippen molar-refractivity contribution in [3.8, 4) is 11.5 Å². The van der Waals surface area contributed by atoms with Gasteiger partial charge in [0.2, 0.25) is 11.8 Å². The third-order valence-corrected chi connectivity index (χ3v) is 12.8. The number of carbonyl (C=O) groups is 2. The molecular formula is C51H43Cl2N3O6. The van der Waals surface area contributed by atoms with Crippen molar-refractivity contribution in [1.29, 1.82) is 0 Å². The second kappa shape index (κ2) is 17.9. The van der Waals surface area contributed by atoms with E-state index < -0.39 is 10.8 Å². The minimum Gasteiger partial charge on any atom is -0.488 e. The monoisotopic (exact) mass is 863 g/mol. The van der Waals surface area contributed by atoms with E-state index in [2.05, 4.69) is 0 Å². The Balaban J connectivity index is 1.05. The molecule has 2 aliphatic rings. The fraction of sp³-hybridized carbons (Fsp3) is 0.216. The molecule has 0 aromatic heterocycles. The van der Waals surface area contributed by atoms with Crippen LogP contribution >= 0.6 is 23.2 Å². The van der Waals surface area contributed by atoms with Crippen molar-refractivity contribution in [3.05, 3.63) is 184 Å². The number of hydrogen-bond acceptors (Lipinski definition) is 6. The predicted octanol–water partition coefficient (Wildman–Crippen LogP) is 11.7. The highest BCUT2D eigenvalue weighted by Gasteiger charge is 2.39. The van der Waals surface area contributed by atoms with Gasteiger partial charge in [-0.2, -0.15) is 0 Å². The number of fused-ring (bicyclic) bond motifs is 6. The number of halogens is 2. The Morgan fingerprint density at radius 3 is 1.47 bits per heavy atom. The Morgan fingerprint density at radius 2 is 1.03 bits per heavy atom. The van der Waals surface area contributed by atoms with E-state index in [1.807, 2.05) is 121 Å². The molecule has 0 radical (unpaired) electrons. The van der Waals surface area contributed by atoms with E-state index >= 15 is 0 Å². The van der Waals surface area contributed by atoms with Gasteiger partial charge >= 0.3 is 0 Å². The molecule has 0 fully saturated rings. The fourth-order valence-corrected chi connectivity index (χ4v) is 9.61. The first-order valence-corrected chi connectivity index (χ1v) is 21.8. The molecular weight excluding hydrogens is 821 g/mol. The molecule has 0 N–H and O–H groups in total. The molecule has 9 rings (SSSR count). The number of amides is 2. The molecule has 7 aromatic rings. The van der Waals surface area contributed by atoms with Crippen molar-refractivity contribution >= 4 is 73.6 Å². The summed E-state index contributed by atoms with van der Waals surface area (Å²) in [5.74, 6) is 0.415. The maximum absolute atomic E-state index is 14.8. The summed E-state index contributed by atoms with van der Waals surface area (Å²) in [5, 5.41) is 15.8. The van der Waals surface area contributed by atoms with Crippen LogP contribution in [0.15, 0.2) is 146 Å². The summed E-state index contributed by atoms with van der Waals surface area (Å²) in [6.45, 7) is 1.37. The third-order valence-electron chi connectivity index (χ3n) is 12.1. The van der Waals surface area contributed by atoms with Gasteiger partial charge in [-0.05, 0) is 38.6 Å². The Morgan fingerprint density at radius 1 is 0.597 bits per heavy atom. The molecule has 0 aliphatic carbocycles. The van der Waals surface area contributed by atoms with Crippen molar-refractivity contribution in [3.63, 3.8) is 0 Å². The molecule has 7 aromatic carbocycles. The van der Waals surface area contributed by atoms with Crippen LogP contribution in [0.5, 0.6) is 11.5 Å². The smallest absolute Gasteiger partial charge is 0.269 e. The van der Waals surface area contributed by atoms with Gasteiger partial charge in [-0.25, -0.2) is 0 Å². The highest BCUT2D eigenvalue weighted by molar-refractivity contribution is 6.19. The highest BCUT2D eigenvalue weighted by atomic mass is 35.5. The zero-order valence-corrected chi connectivity index (χ0v) is 35.3. The maximum atomic E-state index is 14.8. The molecule has 0 saturated carbocycles. The Labute approximate surface area is 369 Å². The standard InChI is InChI=1S/C51H43Cl2N3O6/c52-27-37-29-54(44-25-46(61-31-33-12-3-1-4-13-33)40-18-7-9-20-42(40)50(37)44)48(57)23-36(35-16-11-17-39(22-35)56(59)60)24-49(58)55-30-38(28-53)51-43-21-10-8-19-41(43)47(26-45(51)55)62-32-34-14-5-2-6-15-34/h1-22,25-26,36-38H,23-24,27-32H2/t37-,38-/m1/s1. The lowest BCUT2D eigenvalue weighted by molar-refractivity contribution is -0.384. The van der Waals surface area contributed by atoms with E-state index in [9.17, 15) is 19.7 Å². The summed E-state index contributed by atoms with van der Waals surface area (Å²) in [7, 11) is 0. The number of nitro benzene ring substituents is 1. The second-order valence-electron chi connectivity index (χ2n) is 15.9. The number of nitro groups is 1. The zero-order valence-electron chi connectivity index (χ0n) is 33.8. The molecule has 2 aliphatic heterocycles. The van der Waals surface area contributed by atoms with Crippen LogP contribution in [-0.2, 0) is 22.8 Å². The van der Waals surface area contributed by atoms with Crippen LogP contribution in [0.2, 0.25) is 0 Å². The minimum absolute atomic E-state index is 0.0861. The predicted molar refractivity (Wildman–Crippen MR) is 246 cm³/mol. The summed E-state index contributed by atoms with van der Waals surface area (Å²) in [5.41, 5.74) is 5.78. The first kappa shape index (κ1) is 41.0. The summed E-state index contributed by atoms with van der Waals surface area (Å²) in [6, 6.07) is 45.8. The van der Waals surface area contributed by atoms with Crippen LogP contribution in [0.3, 0.4) is 0 Å². The van der Waals surface area contributed by atoms with Gasteiger partial charge in [-0.1, -0.05) is 121 Å². The molecule has 312 valence electrons. The number of anilines is 2. The van der Waals surface area contributed by atoms with Crippen LogP contribution in [0, 0.1) is 10.1 Å². The lowest BCUT2D eigenvalue weighted by Gasteiger charge is -2.25. The summed E-state index contributed by atoms with van der Waals surface area (Å²) in [6.07, 6.45) is -0.172. The molecule has 0 bridgehead atoms. The van der Waals surface area contributed by atoms with E-state index in [1.54, 1.807) is 21.9 Å². The van der Waals surface area contributed by atoms with E-state index in [1.165, 1.54) is 12.1 Å². The normalized spacial score (nSPS) is 15.5. The maximum Gasteiger partial charge on any atom is 0.269 e. The molecule has 11 heteroatoms. The number of nitrogens with zero attached hydrogens (tertiary/aromatic N) is 3. The molecule has 2 atom stereocenters. The molecule has 62 heavy (non-hydrogen) atoms. The van der Waals surface area contributed by atoms with Crippen LogP contribution in [0.4, 0.5) is 17.1 Å². The third kappa shape index (κ3) is 8.06. The number of carbonyl (C=O) groups excluding carboxylic acids is 2. The van der Waals surface area contributed by atoms with Gasteiger partial charge in [0.05, 0.1) is 16.3 Å². The largest absolute Gasteiger partial charge is 0.488 e. The SMILES string of the molecule is O=C(CC(CC(=O)N1C[C@@H](CCl)c2c1cc(OCc1ccccc1)c1ccccc21)c1cccc([N+](=O)[O-])c1)N1C[C@@H](CCl)c2c1cc(OCc1ccccc1)c1ccccc21. The minimum atomic E-state index is -0.699. The number of alkyl halides is 2. The number of hydrogen-bond donors (Lipinski definition) is 0.